The second-order valence-corrected chi connectivity index (χ2v) is 4.87. The van der Waals surface area contributed by atoms with Crippen LogP contribution in [0.3, 0.4) is 0 Å². The number of aromatic nitrogens is 2. The minimum absolute atomic E-state index is 0.0768. The Bertz CT molecular complexity index is 921. The van der Waals surface area contributed by atoms with E-state index in [0.717, 1.165) is 0 Å². The van der Waals surface area contributed by atoms with Crippen LogP contribution in [0.2, 0.25) is 5.02 Å². The average Bonchev–Trinajstić information content (AvgIpc) is 2.54. The van der Waals surface area contributed by atoms with E-state index in [1.807, 2.05) is 12.1 Å². The molecule has 0 aliphatic rings. The third-order valence-electron chi connectivity index (χ3n) is 3.03. The molecule has 0 saturated carbocycles. The van der Waals surface area contributed by atoms with Crippen LogP contribution in [-0.4, -0.2) is 21.1 Å². The molecule has 0 atom stereocenters. The van der Waals surface area contributed by atoms with Crippen molar-refractivity contribution in [1.82, 2.24) is 9.71 Å². The summed E-state index contributed by atoms with van der Waals surface area (Å²) < 4.78 is 0.423. The van der Waals surface area contributed by atoms with Gasteiger partial charge in [-0.05, 0) is 18.2 Å². The third kappa shape index (κ3) is 2.64. The monoisotopic (exact) mass is 314 g/mol. The molecule has 2 N–H and O–H groups in total. The lowest BCUT2D eigenvalue weighted by atomic mass is 10.2. The van der Waals surface area contributed by atoms with Gasteiger partial charge in [0.1, 0.15) is 0 Å². The summed E-state index contributed by atoms with van der Waals surface area (Å²) in [5.41, 5.74) is 3.13. The first kappa shape index (κ1) is 14.1. The fourth-order valence-electron chi connectivity index (χ4n) is 1.94. The fraction of sp³-hybridized carbons (Fsp3) is 0. The first-order valence-electron chi connectivity index (χ1n) is 6.41. The van der Waals surface area contributed by atoms with Crippen molar-refractivity contribution >= 4 is 34.7 Å². The van der Waals surface area contributed by atoms with Crippen LogP contribution in [0.15, 0.2) is 58.4 Å². The molecule has 110 valence electrons. The predicted molar refractivity (Wildman–Crippen MR) is 85.9 cm³/mol. The second kappa shape index (κ2) is 5.87. The Morgan fingerprint density at radius 2 is 1.91 bits per heavy atom. The minimum Gasteiger partial charge on any atom is -0.422 e. The highest BCUT2D eigenvalue weighted by atomic mass is 35.5. The molecule has 0 aliphatic carbocycles. The first-order chi connectivity index (χ1) is 10.7. The van der Waals surface area contributed by atoms with Gasteiger partial charge >= 0.3 is 0 Å². The van der Waals surface area contributed by atoms with Crippen molar-refractivity contribution in [3.63, 3.8) is 0 Å². The Hall–Kier alpha value is -2.86. The molecule has 0 amide bonds. The van der Waals surface area contributed by atoms with E-state index in [1.165, 1.54) is 6.21 Å². The van der Waals surface area contributed by atoms with E-state index in [2.05, 4.69) is 15.5 Å². The van der Waals surface area contributed by atoms with Crippen LogP contribution in [-0.2, 0) is 0 Å². The van der Waals surface area contributed by atoms with E-state index in [4.69, 9.17) is 11.6 Å². The molecule has 3 aromatic rings. The van der Waals surface area contributed by atoms with E-state index in [0.29, 0.717) is 26.2 Å². The number of nitrogens with zero attached hydrogens (tertiary/aromatic N) is 3. The van der Waals surface area contributed by atoms with Gasteiger partial charge in [-0.1, -0.05) is 41.9 Å². The molecular formula is C15H11ClN4O2. The van der Waals surface area contributed by atoms with Crippen LogP contribution in [0.5, 0.6) is 0 Å². The molecule has 0 bridgehead atoms. The van der Waals surface area contributed by atoms with E-state index in [-0.39, 0.29) is 5.95 Å². The van der Waals surface area contributed by atoms with Crippen molar-refractivity contribution in [2.24, 2.45) is 5.10 Å². The molecule has 22 heavy (non-hydrogen) atoms. The molecule has 0 unspecified atom stereocenters. The van der Waals surface area contributed by atoms with Gasteiger partial charge in [-0.2, -0.15) is 5.10 Å². The van der Waals surface area contributed by atoms with E-state index in [9.17, 15) is 10.0 Å². The summed E-state index contributed by atoms with van der Waals surface area (Å²) >= 11 is 6.00. The Labute approximate surface area is 130 Å². The summed E-state index contributed by atoms with van der Waals surface area (Å²) in [6, 6.07) is 13.9. The number of nitrogens with one attached hydrogen (secondary N) is 1. The number of benzene rings is 2. The van der Waals surface area contributed by atoms with Gasteiger partial charge < -0.3 is 5.21 Å². The van der Waals surface area contributed by atoms with Crippen molar-refractivity contribution in [2.75, 3.05) is 5.43 Å². The molecule has 7 heteroatoms. The molecule has 0 fully saturated rings. The lowest BCUT2D eigenvalue weighted by Gasteiger charge is -2.06. The van der Waals surface area contributed by atoms with E-state index < -0.39 is 5.56 Å². The predicted octanol–water partition coefficient (Wildman–Crippen LogP) is 2.73. The number of para-hydroxylation sites is 1. The van der Waals surface area contributed by atoms with Gasteiger partial charge in [0.05, 0.1) is 17.1 Å². The highest BCUT2D eigenvalue weighted by molar-refractivity contribution is 6.33. The number of hydrogen-bond donors (Lipinski definition) is 2. The molecular weight excluding hydrogens is 304 g/mol. The van der Waals surface area contributed by atoms with Gasteiger partial charge in [0.15, 0.2) is 0 Å². The van der Waals surface area contributed by atoms with Crippen molar-refractivity contribution < 1.29 is 5.21 Å². The van der Waals surface area contributed by atoms with Crippen LogP contribution in [0.25, 0.3) is 10.9 Å². The van der Waals surface area contributed by atoms with Gasteiger partial charge in [0, 0.05) is 10.6 Å². The lowest BCUT2D eigenvalue weighted by molar-refractivity contribution is 0.179. The number of halogens is 1. The number of hydrogen-bond acceptors (Lipinski definition) is 5. The average molecular weight is 315 g/mol. The summed E-state index contributed by atoms with van der Waals surface area (Å²) in [5.74, 6) is -0.0768. The Morgan fingerprint density at radius 1 is 1.18 bits per heavy atom. The van der Waals surface area contributed by atoms with Gasteiger partial charge in [-0.15, -0.1) is 4.73 Å². The molecule has 0 aliphatic heterocycles. The molecule has 1 heterocycles. The quantitative estimate of drug-likeness (QED) is 0.442. The molecule has 0 saturated heterocycles. The standard InChI is InChI=1S/C15H11ClN4O2/c16-12-7-3-1-5-10(12)9-17-19-15-18-13-8-4-2-6-11(13)14(21)20(15)22/h1-9,22H,(H,18,19)/b17-9+. The molecule has 0 radical (unpaired) electrons. The number of fused-ring (bicyclic) bond motifs is 1. The molecule has 1 aromatic heterocycles. The highest BCUT2D eigenvalue weighted by Gasteiger charge is 2.08. The lowest BCUT2D eigenvalue weighted by Crippen LogP contribution is -2.22. The molecule has 0 spiro atoms. The summed E-state index contributed by atoms with van der Waals surface area (Å²) in [7, 11) is 0. The minimum atomic E-state index is -0.568. The number of anilines is 1. The topological polar surface area (TPSA) is 79.5 Å². The van der Waals surface area contributed by atoms with Crippen LogP contribution < -0.4 is 11.0 Å². The smallest absolute Gasteiger partial charge is 0.295 e. The summed E-state index contributed by atoms with van der Waals surface area (Å²) in [6.07, 6.45) is 1.48. The fourth-order valence-corrected chi connectivity index (χ4v) is 2.12. The van der Waals surface area contributed by atoms with Crippen LogP contribution in [0.1, 0.15) is 5.56 Å². The van der Waals surface area contributed by atoms with Gasteiger partial charge in [0.2, 0.25) is 0 Å². The molecule has 6 nitrogen and oxygen atoms in total. The zero-order valence-corrected chi connectivity index (χ0v) is 12.0. The van der Waals surface area contributed by atoms with Crippen LogP contribution in [0, 0.1) is 0 Å². The first-order valence-corrected chi connectivity index (χ1v) is 6.79. The number of hydrazone groups is 1. The zero-order chi connectivity index (χ0) is 15.5. The zero-order valence-electron chi connectivity index (χ0n) is 11.3. The number of rotatable bonds is 3. The third-order valence-corrected chi connectivity index (χ3v) is 3.37. The van der Waals surface area contributed by atoms with Crippen molar-refractivity contribution in [3.05, 3.63) is 69.5 Å². The maximum atomic E-state index is 12.0. The molecule has 2 aromatic carbocycles. The summed E-state index contributed by atoms with van der Waals surface area (Å²) in [5, 5.41) is 14.6. The van der Waals surface area contributed by atoms with Crippen LogP contribution in [0.4, 0.5) is 5.95 Å². The van der Waals surface area contributed by atoms with Crippen LogP contribution >= 0.6 is 11.6 Å². The van der Waals surface area contributed by atoms with Crippen molar-refractivity contribution in [2.45, 2.75) is 0 Å². The van der Waals surface area contributed by atoms with Crippen molar-refractivity contribution in [3.8, 4) is 0 Å². The Morgan fingerprint density at radius 3 is 2.73 bits per heavy atom. The maximum absolute atomic E-state index is 12.0. The van der Waals surface area contributed by atoms with Gasteiger partial charge in [0.25, 0.3) is 11.5 Å². The van der Waals surface area contributed by atoms with Gasteiger partial charge in [-0.3, -0.25) is 4.79 Å². The Kier molecular flexibility index (Phi) is 3.76. The molecule has 3 rings (SSSR count). The Balaban J connectivity index is 1.93. The van der Waals surface area contributed by atoms with E-state index >= 15 is 0 Å². The maximum Gasteiger partial charge on any atom is 0.295 e. The highest BCUT2D eigenvalue weighted by Crippen LogP contribution is 2.13. The largest absolute Gasteiger partial charge is 0.422 e. The second-order valence-electron chi connectivity index (χ2n) is 4.46. The SMILES string of the molecule is O=c1c2ccccc2nc(N/N=C/c2ccccc2Cl)n1O. The summed E-state index contributed by atoms with van der Waals surface area (Å²) in [6.45, 7) is 0. The summed E-state index contributed by atoms with van der Waals surface area (Å²) in [4.78, 5) is 16.1. The van der Waals surface area contributed by atoms with Crippen molar-refractivity contribution in [1.29, 1.82) is 0 Å². The van der Waals surface area contributed by atoms with Gasteiger partial charge in [-0.25, -0.2) is 10.4 Å². The normalized spacial score (nSPS) is 11.1. The van der Waals surface area contributed by atoms with E-state index in [1.54, 1.807) is 36.4 Å².